The van der Waals surface area contributed by atoms with Crippen LogP contribution in [0.25, 0.3) is 10.9 Å². The summed E-state index contributed by atoms with van der Waals surface area (Å²) in [5.74, 6) is -0.134. The average Bonchev–Trinajstić information content (AvgIpc) is 2.42. The van der Waals surface area contributed by atoms with E-state index in [-0.39, 0.29) is 11.3 Å². The zero-order valence-corrected chi connectivity index (χ0v) is 12.2. The Morgan fingerprint density at radius 2 is 2.00 bits per heavy atom. The molecule has 106 valence electrons. The monoisotopic (exact) mass is 271 g/mol. The number of hydrogen-bond acceptors (Lipinski definition) is 3. The van der Waals surface area contributed by atoms with Crippen molar-refractivity contribution in [3.05, 3.63) is 42.1 Å². The van der Waals surface area contributed by atoms with Crippen LogP contribution < -0.4 is 11.1 Å². The Balaban J connectivity index is 2.12. The molecule has 20 heavy (non-hydrogen) atoms. The van der Waals surface area contributed by atoms with Crippen molar-refractivity contribution in [1.82, 2.24) is 10.3 Å². The zero-order valence-electron chi connectivity index (χ0n) is 12.2. The van der Waals surface area contributed by atoms with Crippen LogP contribution in [0.4, 0.5) is 0 Å². The number of amides is 1. The van der Waals surface area contributed by atoms with E-state index in [0.29, 0.717) is 6.54 Å². The summed E-state index contributed by atoms with van der Waals surface area (Å²) < 4.78 is 0. The van der Waals surface area contributed by atoms with Crippen LogP contribution in [0.3, 0.4) is 0 Å². The molecule has 3 N–H and O–H groups in total. The van der Waals surface area contributed by atoms with Gasteiger partial charge in [0.25, 0.3) is 0 Å². The smallest absolute Gasteiger partial charge is 0.237 e. The molecule has 4 heteroatoms. The highest BCUT2D eigenvalue weighted by Crippen LogP contribution is 2.18. The fourth-order valence-electron chi connectivity index (χ4n) is 2.00. The van der Waals surface area contributed by atoms with Crippen LogP contribution in [0.5, 0.6) is 0 Å². The molecule has 0 bridgehead atoms. The Hall–Kier alpha value is -1.94. The molecule has 1 aromatic heterocycles. The Morgan fingerprint density at radius 1 is 1.30 bits per heavy atom. The topological polar surface area (TPSA) is 68.0 Å². The minimum absolute atomic E-state index is 0.134. The van der Waals surface area contributed by atoms with Gasteiger partial charge in [0.1, 0.15) is 0 Å². The van der Waals surface area contributed by atoms with Crippen molar-refractivity contribution in [2.45, 2.75) is 33.4 Å². The van der Waals surface area contributed by atoms with Gasteiger partial charge in [-0.15, -0.1) is 0 Å². The summed E-state index contributed by atoms with van der Waals surface area (Å²) in [5.41, 5.74) is 7.61. The van der Waals surface area contributed by atoms with E-state index in [1.807, 2.05) is 51.1 Å². The third-order valence-corrected chi connectivity index (χ3v) is 3.38. The molecule has 0 fully saturated rings. The van der Waals surface area contributed by atoms with Crippen molar-refractivity contribution in [3.8, 4) is 0 Å². The SMILES string of the molecule is CC(C)(C)[C@@H](N)C(=O)NCc1cccc2cccnc12. The van der Waals surface area contributed by atoms with Gasteiger partial charge in [-0.25, -0.2) is 0 Å². The molecule has 0 aliphatic carbocycles. The van der Waals surface area contributed by atoms with E-state index in [4.69, 9.17) is 5.73 Å². The second kappa shape index (κ2) is 5.59. The number of carbonyl (C=O) groups is 1. The van der Waals surface area contributed by atoms with E-state index in [1.165, 1.54) is 0 Å². The summed E-state index contributed by atoms with van der Waals surface area (Å²) >= 11 is 0. The molecule has 0 saturated heterocycles. The van der Waals surface area contributed by atoms with Crippen LogP contribution in [0.2, 0.25) is 0 Å². The fourth-order valence-corrected chi connectivity index (χ4v) is 2.00. The number of para-hydroxylation sites is 1. The number of nitrogens with two attached hydrogens (primary N) is 1. The summed E-state index contributed by atoms with van der Waals surface area (Å²) in [7, 11) is 0. The first-order valence-electron chi connectivity index (χ1n) is 6.75. The zero-order chi connectivity index (χ0) is 14.8. The summed E-state index contributed by atoms with van der Waals surface area (Å²) in [6, 6.07) is 9.34. The fraction of sp³-hybridized carbons (Fsp3) is 0.375. The Morgan fingerprint density at radius 3 is 2.70 bits per heavy atom. The van der Waals surface area contributed by atoms with Crippen LogP contribution in [0, 0.1) is 5.41 Å². The van der Waals surface area contributed by atoms with Gasteiger partial charge < -0.3 is 11.1 Å². The highest BCUT2D eigenvalue weighted by atomic mass is 16.2. The molecule has 0 aliphatic heterocycles. The first-order valence-corrected chi connectivity index (χ1v) is 6.75. The number of hydrogen-bond donors (Lipinski definition) is 2. The minimum atomic E-state index is -0.523. The van der Waals surface area contributed by atoms with Gasteiger partial charge in [-0.05, 0) is 17.0 Å². The van der Waals surface area contributed by atoms with Gasteiger partial charge in [0.15, 0.2) is 0 Å². The normalized spacial score (nSPS) is 13.2. The molecule has 2 aromatic rings. The minimum Gasteiger partial charge on any atom is -0.351 e. The number of fused-ring (bicyclic) bond motifs is 1. The van der Waals surface area contributed by atoms with E-state index >= 15 is 0 Å². The summed E-state index contributed by atoms with van der Waals surface area (Å²) in [4.78, 5) is 16.4. The molecule has 0 aliphatic rings. The largest absolute Gasteiger partial charge is 0.351 e. The van der Waals surface area contributed by atoms with E-state index in [9.17, 15) is 4.79 Å². The van der Waals surface area contributed by atoms with Crippen LogP contribution in [0.1, 0.15) is 26.3 Å². The molecule has 1 amide bonds. The second-order valence-electron chi connectivity index (χ2n) is 6.05. The number of nitrogens with one attached hydrogen (secondary N) is 1. The van der Waals surface area contributed by atoms with E-state index in [1.54, 1.807) is 6.20 Å². The highest BCUT2D eigenvalue weighted by Gasteiger charge is 2.27. The van der Waals surface area contributed by atoms with Gasteiger partial charge in [0.05, 0.1) is 11.6 Å². The van der Waals surface area contributed by atoms with Crippen molar-refractivity contribution >= 4 is 16.8 Å². The molecule has 0 unspecified atom stereocenters. The first-order chi connectivity index (χ1) is 9.39. The summed E-state index contributed by atoms with van der Waals surface area (Å²) in [6.07, 6.45) is 1.76. The van der Waals surface area contributed by atoms with Crippen LogP contribution in [-0.2, 0) is 11.3 Å². The second-order valence-corrected chi connectivity index (χ2v) is 6.05. The van der Waals surface area contributed by atoms with Crippen molar-refractivity contribution < 1.29 is 4.79 Å². The van der Waals surface area contributed by atoms with E-state index < -0.39 is 6.04 Å². The summed E-state index contributed by atoms with van der Waals surface area (Å²) in [5, 5.41) is 3.96. The lowest BCUT2D eigenvalue weighted by Crippen LogP contribution is -2.48. The molecule has 0 saturated carbocycles. The lowest BCUT2D eigenvalue weighted by Gasteiger charge is -2.25. The maximum Gasteiger partial charge on any atom is 0.237 e. The van der Waals surface area contributed by atoms with Gasteiger partial charge in [-0.3, -0.25) is 9.78 Å². The third-order valence-electron chi connectivity index (χ3n) is 3.38. The standard InChI is InChI=1S/C16H21N3O/c1-16(2,3)14(17)15(20)19-10-12-7-4-6-11-8-5-9-18-13(11)12/h4-9,14H,10,17H2,1-3H3,(H,19,20)/t14-/m0/s1. The predicted molar refractivity (Wildman–Crippen MR) is 81.0 cm³/mol. The summed E-state index contributed by atoms with van der Waals surface area (Å²) in [6.45, 7) is 6.31. The van der Waals surface area contributed by atoms with E-state index in [0.717, 1.165) is 16.5 Å². The molecular weight excluding hydrogens is 250 g/mol. The molecule has 1 heterocycles. The highest BCUT2D eigenvalue weighted by molar-refractivity contribution is 5.84. The number of rotatable bonds is 3. The van der Waals surface area contributed by atoms with Crippen LogP contribution in [-0.4, -0.2) is 16.9 Å². The number of carbonyl (C=O) groups excluding carboxylic acids is 1. The molecule has 1 atom stereocenters. The van der Waals surface area contributed by atoms with Gasteiger partial charge in [-0.2, -0.15) is 0 Å². The lowest BCUT2D eigenvalue weighted by atomic mass is 9.87. The van der Waals surface area contributed by atoms with E-state index in [2.05, 4.69) is 10.3 Å². The number of benzene rings is 1. The van der Waals surface area contributed by atoms with Gasteiger partial charge >= 0.3 is 0 Å². The van der Waals surface area contributed by atoms with Crippen molar-refractivity contribution in [1.29, 1.82) is 0 Å². The van der Waals surface area contributed by atoms with Crippen molar-refractivity contribution in [2.24, 2.45) is 11.1 Å². The van der Waals surface area contributed by atoms with Crippen molar-refractivity contribution in [2.75, 3.05) is 0 Å². The lowest BCUT2D eigenvalue weighted by molar-refractivity contribution is -0.124. The number of pyridine rings is 1. The van der Waals surface area contributed by atoms with Gasteiger partial charge in [0, 0.05) is 18.1 Å². The van der Waals surface area contributed by atoms with Gasteiger partial charge in [0.2, 0.25) is 5.91 Å². The van der Waals surface area contributed by atoms with Crippen LogP contribution in [0.15, 0.2) is 36.5 Å². The molecule has 0 spiro atoms. The molecule has 2 rings (SSSR count). The molecular formula is C16H21N3O. The molecule has 4 nitrogen and oxygen atoms in total. The molecule has 1 aromatic carbocycles. The molecule has 0 radical (unpaired) electrons. The third kappa shape index (κ3) is 3.14. The average molecular weight is 271 g/mol. The Kier molecular flexibility index (Phi) is 4.04. The Bertz CT molecular complexity index is 611. The maximum absolute atomic E-state index is 12.0. The maximum atomic E-state index is 12.0. The van der Waals surface area contributed by atoms with Crippen LogP contribution >= 0.6 is 0 Å². The number of aromatic nitrogens is 1. The number of nitrogens with zero attached hydrogens (tertiary/aromatic N) is 1. The van der Waals surface area contributed by atoms with Crippen molar-refractivity contribution in [3.63, 3.8) is 0 Å². The van der Waals surface area contributed by atoms with Gasteiger partial charge in [-0.1, -0.05) is 45.0 Å². The Labute approximate surface area is 119 Å². The quantitative estimate of drug-likeness (QED) is 0.899. The first kappa shape index (κ1) is 14.5. The predicted octanol–water partition coefficient (Wildman–Crippen LogP) is 2.22.